The van der Waals surface area contributed by atoms with Crippen LogP contribution in [-0.2, 0) is 4.79 Å². The van der Waals surface area contributed by atoms with E-state index in [1.54, 1.807) is 0 Å². The van der Waals surface area contributed by atoms with Crippen molar-refractivity contribution in [2.24, 2.45) is 34.1 Å². The van der Waals surface area contributed by atoms with Crippen LogP contribution < -0.4 is 0 Å². The predicted octanol–water partition coefficient (Wildman–Crippen LogP) is 3.45. The molecule has 2 N–H and O–H groups in total. The molecule has 4 nitrogen and oxygen atoms in total. The Labute approximate surface area is 144 Å². The first-order valence-electron chi connectivity index (χ1n) is 9.62. The molecule has 0 aromatic rings. The number of hydrogen-bond acceptors (Lipinski definition) is 3. The lowest BCUT2D eigenvalue weighted by Gasteiger charge is -2.53. The van der Waals surface area contributed by atoms with E-state index in [2.05, 4.69) is 18.0 Å². The Morgan fingerprint density at radius 1 is 1.21 bits per heavy atom. The molecule has 0 aromatic heterocycles. The maximum Gasteiger partial charge on any atom is 0.325 e. The first-order chi connectivity index (χ1) is 11.5. The summed E-state index contributed by atoms with van der Waals surface area (Å²) in [6.07, 6.45) is 11.2. The molecule has 4 heteroatoms. The number of nitrogens with zero attached hydrogens (tertiary/aromatic N) is 1. The Hall–Kier alpha value is -1.16. The Morgan fingerprint density at radius 3 is 2.83 bits per heavy atom. The fourth-order valence-electron chi connectivity index (χ4n) is 6.46. The number of carbonyl (C=O) groups is 1. The van der Waals surface area contributed by atoms with Gasteiger partial charge in [0.15, 0.2) is 0 Å². The van der Waals surface area contributed by atoms with Gasteiger partial charge in [0, 0.05) is 5.71 Å². The summed E-state index contributed by atoms with van der Waals surface area (Å²) in [5, 5.41) is 19.3. The zero-order valence-corrected chi connectivity index (χ0v) is 14.6. The molecule has 0 aliphatic heterocycles. The first kappa shape index (κ1) is 16.3. The second kappa shape index (κ2) is 5.98. The van der Waals surface area contributed by atoms with Crippen molar-refractivity contribution in [3.05, 3.63) is 11.6 Å². The number of aliphatic carboxylic acids is 1. The average Bonchev–Trinajstić information content (AvgIpc) is 2.88. The molecule has 0 spiro atoms. The third kappa shape index (κ3) is 2.54. The van der Waals surface area contributed by atoms with Gasteiger partial charge >= 0.3 is 5.97 Å². The molecule has 0 bridgehead atoms. The highest BCUT2D eigenvalue weighted by Crippen LogP contribution is 2.61. The average molecular weight is 331 g/mol. The number of hydrogen-bond donors (Lipinski definition) is 2. The fraction of sp³-hybridized carbons (Fsp3) is 0.800. The summed E-state index contributed by atoms with van der Waals surface area (Å²) in [4.78, 5) is 15.0. The molecule has 3 fully saturated rings. The van der Waals surface area contributed by atoms with Crippen LogP contribution in [0.4, 0.5) is 0 Å². The van der Waals surface area contributed by atoms with Crippen LogP contribution in [0.3, 0.4) is 0 Å². The molecule has 0 aromatic carbocycles. The molecule has 4 aliphatic carbocycles. The van der Waals surface area contributed by atoms with Gasteiger partial charge < -0.3 is 10.2 Å². The molecule has 0 heterocycles. The molecular weight excluding hydrogens is 302 g/mol. The van der Waals surface area contributed by atoms with Crippen LogP contribution in [0.2, 0.25) is 0 Å². The van der Waals surface area contributed by atoms with Gasteiger partial charge in [-0.3, -0.25) is 9.79 Å². The lowest BCUT2D eigenvalue weighted by atomic mass is 9.52. The van der Waals surface area contributed by atoms with Gasteiger partial charge in [0.1, 0.15) is 6.54 Å². The summed E-state index contributed by atoms with van der Waals surface area (Å²) in [6.45, 7) is 2.22. The third-order valence-corrected chi connectivity index (χ3v) is 7.68. The van der Waals surface area contributed by atoms with E-state index in [9.17, 15) is 9.90 Å². The van der Waals surface area contributed by atoms with E-state index < -0.39 is 5.97 Å². The van der Waals surface area contributed by atoms with E-state index in [0.717, 1.165) is 43.2 Å². The van der Waals surface area contributed by atoms with Gasteiger partial charge in [-0.15, -0.1) is 0 Å². The number of aliphatic hydroxyl groups is 1. The Morgan fingerprint density at radius 2 is 2.04 bits per heavy atom. The van der Waals surface area contributed by atoms with Crippen LogP contribution >= 0.6 is 0 Å². The van der Waals surface area contributed by atoms with Gasteiger partial charge in [-0.1, -0.05) is 12.5 Å². The van der Waals surface area contributed by atoms with Gasteiger partial charge in [0.2, 0.25) is 0 Å². The predicted molar refractivity (Wildman–Crippen MR) is 93.0 cm³/mol. The van der Waals surface area contributed by atoms with Gasteiger partial charge in [0.25, 0.3) is 0 Å². The number of fused-ring (bicyclic) bond motifs is 5. The monoisotopic (exact) mass is 331 g/mol. The maximum atomic E-state index is 10.7. The minimum Gasteiger partial charge on any atom is -0.480 e. The largest absolute Gasteiger partial charge is 0.480 e. The van der Waals surface area contributed by atoms with Gasteiger partial charge in [-0.25, -0.2) is 0 Å². The summed E-state index contributed by atoms with van der Waals surface area (Å²) in [5.74, 6) is 2.08. The van der Waals surface area contributed by atoms with Crippen molar-refractivity contribution in [1.82, 2.24) is 0 Å². The standard InChI is InChI=1S/C20H29NO3/c1-20-9-8-15-14-5-3-13(21-11-19(23)24)10-12(14)2-4-16(15)17(20)6-7-18(20)22/h10,14-18,22H,2-9,11H2,1H3,(H,23,24)/t14-,15+,16+,17-,18-,20-/m0/s1. The topological polar surface area (TPSA) is 69.9 Å². The molecule has 132 valence electrons. The smallest absolute Gasteiger partial charge is 0.325 e. The Kier molecular flexibility index (Phi) is 4.06. The van der Waals surface area contributed by atoms with Gasteiger partial charge in [0.05, 0.1) is 6.10 Å². The molecule has 4 rings (SSSR count). The Balaban J connectivity index is 1.53. The number of aliphatic imine (C=N–C) groups is 1. The third-order valence-electron chi connectivity index (χ3n) is 7.68. The molecule has 0 amide bonds. The molecule has 0 saturated heterocycles. The van der Waals surface area contributed by atoms with E-state index in [0.29, 0.717) is 11.8 Å². The van der Waals surface area contributed by atoms with Gasteiger partial charge in [-0.05, 0) is 86.5 Å². The second-order valence-corrected chi connectivity index (χ2v) is 8.68. The van der Waals surface area contributed by atoms with E-state index in [1.807, 2.05) is 0 Å². The number of rotatable bonds is 2. The van der Waals surface area contributed by atoms with Gasteiger partial charge in [-0.2, -0.15) is 0 Å². The summed E-state index contributed by atoms with van der Waals surface area (Å²) < 4.78 is 0. The molecular formula is C20H29NO3. The molecule has 0 unspecified atom stereocenters. The van der Waals surface area contributed by atoms with Crippen molar-refractivity contribution in [2.45, 2.75) is 64.4 Å². The Bertz CT molecular complexity index is 596. The summed E-state index contributed by atoms with van der Waals surface area (Å²) in [7, 11) is 0. The minimum absolute atomic E-state index is 0.0958. The normalized spacial score (nSPS) is 46.0. The van der Waals surface area contributed by atoms with Crippen molar-refractivity contribution >= 4 is 11.7 Å². The van der Waals surface area contributed by atoms with Crippen LogP contribution in [0.25, 0.3) is 0 Å². The van der Waals surface area contributed by atoms with E-state index in [1.165, 1.54) is 31.3 Å². The quantitative estimate of drug-likeness (QED) is 0.814. The maximum absolute atomic E-state index is 10.7. The van der Waals surface area contributed by atoms with Crippen molar-refractivity contribution in [3.63, 3.8) is 0 Å². The highest BCUT2D eigenvalue weighted by molar-refractivity contribution is 5.97. The lowest BCUT2D eigenvalue weighted by molar-refractivity contribution is -0.135. The van der Waals surface area contributed by atoms with Crippen LogP contribution in [0.5, 0.6) is 0 Å². The van der Waals surface area contributed by atoms with Crippen LogP contribution in [0, 0.1) is 29.1 Å². The minimum atomic E-state index is -0.849. The van der Waals surface area contributed by atoms with Crippen molar-refractivity contribution in [3.8, 4) is 0 Å². The summed E-state index contributed by atoms with van der Waals surface area (Å²) in [5.41, 5.74) is 2.67. The molecule has 0 radical (unpaired) electrons. The zero-order valence-electron chi connectivity index (χ0n) is 14.6. The van der Waals surface area contributed by atoms with E-state index in [-0.39, 0.29) is 18.1 Å². The highest BCUT2D eigenvalue weighted by Gasteiger charge is 2.55. The molecule has 3 saturated carbocycles. The van der Waals surface area contributed by atoms with E-state index >= 15 is 0 Å². The first-order valence-corrected chi connectivity index (χ1v) is 9.62. The molecule has 6 atom stereocenters. The number of carboxylic acids is 1. The van der Waals surface area contributed by atoms with E-state index in [4.69, 9.17) is 5.11 Å². The zero-order chi connectivity index (χ0) is 16.9. The SMILES string of the molecule is C[C@]12CC[C@H]3[C@@H](CCC4=CC(=NCC(=O)O)CC[C@@H]43)[C@@H]1CC[C@@H]2O. The summed E-state index contributed by atoms with van der Waals surface area (Å²) >= 11 is 0. The number of aliphatic hydroxyl groups excluding tert-OH is 1. The van der Waals surface area contributed by atoms with Crippen LogP contribution in [0.1, 0.15) is 58.3 Å². The number of carboxylic acid groups (broad SMARTS) is 1. The lowest BCUT2D eigenvalue weighted by Crippen LogP contribution is -2.47. The van der Waals surface area contributed by atoms with Crippen molar-refractivity contribution in [1.29, 1.82) is 0 Å². The molecule has 24 heavy (non-hydrogen) atoms. The van der Waals surface area contributed by atoms with Crippen molar-refractivity contribution in [2.75, 3.05) is 6.54 Å². The fourth-order valence-corrected chi connectivity index (χ4v) is 6.46. The molecule has 4 aliphatic rings. The number of allylic oxidation sites excluding steroid dienone is 2. The van der Waals surface area contributed by atoms with Crippen LogP contribution in [-0.4, -0.2) is 34.5 Å². The van der Waals surface area contributed by atoms with Crippen LogP contribution in [0.15, 0.2) is 16.6 Å². The highest BCUT2D eigenvalue weighted by atomic mass is 16.4. The summed E-state index contributed by atoms with van der Waals surface area (Å²) in [6, 6.07) is 0. The van der Waals surface area contributed by atoms with Crippen molar-refractivity contribution < 1.29 is 15.0 Å². The second-order valence-electron chi connectivity index (χ2n) is 8.68.